The molecule has 7 nitrogen and oxygen atoms in total. The van der Waals surface area contributed by atoms with E-state index in [0.29, 0.717) is 5.56 Å². The van der Waals surface area contributed by atoms with E-state index in [1.165, 1.54) is 42.4 Å². The Hall–Kier alpha value is -2.70. The van der Waals surface area contributed by atoms with Crippen LogP contribution in [0.4, 0.5) is 5.69 Å². The topological polar surface area (TPSA) is 89.8 Å². The minimum absolute atomic E-state index is 0.0510. The summed E-state index contributed by atoms with van der Waals surface area (Å²) in [5.74, 6) is -0.877. The van der Waals surface area contributed by atoms with E-state index in [2.05, 4.69) is 4.74 Å². The number of amides is 1. The van der Waals surface area contributed by atoms with Crippen LogP contribution >= 0.6 is 0 Å². The number of nitrogens with zero attached hydrogens (tertiary/aromatic N) is 2. The summed E-state index contributed by atoms with van der Waals surface area (Å²) in [5.41, 5.74) is 0.481. The molecule has 0 atom stereocenters. The van der Waals surface area contributed by atoms with Crippen LogP contribution in [0.5, 0.6) is 0 Å². The highest BCUT2D eigenvalue weighted by Crippen LogP contribution is 2.14. The van der Waals surface area contributed by atoms with Gasteiger partial charge in [0.05, 0.1) is 12.0 Å². The second kappa shape index (κ2) is 7.92. The van der Waals surface area contributed by atoms with Gasteiger partial charge in [0.2, 0.25) is 5.91 Å². The summed E-state index contributed by atoms with van der Waals surface area (Å²) in [6.07, 6.45) is 2.75. The number of ether oxygens (including phenoxy) is 1. The van der Waals surface area contributed by atoms with E-state index in [-0.39, 0.29) is 24.2 Å². The van der Waals surface area contributed by atoms with Crippen molar-refractivity contribution in [3.8, 4) is 0 Å². The maximum atomic E-state index is 12.1. The molecule has 0 radical (unpaired) electrons. The summed E-state index contributed by atoms with van der Waals surface area (Å²) >= 11 is 0. The molecule has 0 N–H and O–H groups in total. The Balaban J connectivity index is 2.86. The summed E-state index contributed by atoms with van der Waals surface area (Å²) in [6, 6.07) is 5.75. The van der Waals surface area contributed by atoms with E-state index in [4.69, 9.17) is 0 Å². The number of nitro groups is 1. The molecule has 7 heteroatoms. The smallest absolute Gasteiger partial charge is 0.325 e. The average molecular weight is 306 g/mol. The third-order valence-electron chi connectivity index (χ3n) is 2.93. The highest BCUT2D eigenvalue weighted by Gasteiger charge is 2.18. The van der Waals surface area contributed by atoms with Gasteiger partial charge in [0.25, 0.3) is 5.69 Å². The molecule has 0 aliphatic heterocycles. The number of esters is 1. The zero-order valence-corrected chi connectivity index (χ0v) is 12.7. The molecule has 1 rings (SSSR count). The molecule has 0 bridgehead atoms. The van der Waals surface area contributed by atoms with Crippen LogP contribution < -0.4 is 0 Å². The molecule has 0 saturated carbocycles. The lowest BCUT2D eigenvalue weighted by Crippen LogP contribution is -2.40. The highest BCUT2D eigenvalue weighted by molar-refractivity contribution is 5.94. The van der Waals surface area contributed by atoms with Gasteiger partial charge in [-0.2, -0.15) is 0 Å². The fourth-order valence-corrected chi connectivity index (χ4v) is 1.72. The van der Waals surface area contributed by atoms with E-state index in [0.717, 1.165) is 0 Å². The van der Waals surface area contributed by atoms with Gasteiger partial charge in [-0.05, 0) is 25.5 Å². The predicted octanol–water partition coefficient (Wildman–Crippen LogP) is 2.02. The van der Waals surface area contributed by atoms with E-state index >= 15 is 0 Å². The van der Waals surface area contributed by atoms with Crippen LogP contribution in [0.1, 0.15) is 19.4 Å². The van der Waals surface area contributed by atoms with Crippen molar-refractivity contribution < 1.29 is 19.2 Å². The third kappa shape index (κ3) is 5.01. The van der Waals surface area contributed by atoms with Gasteiger partial charge in [-0.25, -0.2) is 0 Å². The fraction of sp³-hybridized carbons (Fsp3) is 0.333. The van der Waals surface area contributed by atoms with E-state index in [1.807, 2.05) is 0 Å². The van der Waals surface area contributed by atoms with Crippen LogP contribution in [0.15, 0.2) is 30.3 Å². The van der Waals surface area contributed by atoms with Crippen LogP contribution in [0.25, 0.3) is 6.08 Å². The summed E-state index contributed by atoms with van der Waals surface area (Å²) < 4.78 is 4.55. The Bertz CT molecular complexity index is 595. The molecule has 0 heterocycles. The maximum absolute atomic E-state index is 12.1. The van der Waals surface area contributed by atoms with Crippen molar-refractivity contribution in [2.75, 3.05) is 13.7 Å². The molecule has 0 aromatic heterocycles. The van der Waals surface area contributed by atoms with Gasteiger partial charge in [-0.1, -0.05) is 12.1 Å². The lowest BCUT2D eigenvalue weighted by atomic mass is 10.2. The first-order valence-corrected chi connectivity index (χ1v) is 6.65. The second-order valence-electron chi connectivity index (χ2n) is 4.82. The number of hydrogen-bond acceptors (Lipinski definition) is 5. The third-order valence-corrected chi connectivity index (χ3v) is 2.93. The lowest BCUT2D eigenvalue weighted by molar-refractivity contribution is -0.384. The van der Waals surface area contributed by atoms with Crippen molar-refractivity contribution in [1.82, 2.24) is 4.90 Å². The Morgan fingerprint density at radius 3 is 2.64 bits per heavy atom. The van der Waals surface area contributed by atoms with Gasteiger partial charge in [-0.15, -0.1) is 0 Å². The molecule has 1 aromatic rings. The normalized spacial score (nSPS) is 10.7. The number of rotatable bonds is 6. The number of benzene rings is 1. The minimum atomic E-state index is -0.509. The van der Waals surface area contributed by atoms with Gasteiger partial charge in [0.15, 0.2) is 0 Å². The number of carbonyl (C=O) groups is 2. The zero-order chi connectivity index (χ0) is 16.7. The van der Waals surface area contributed by atoms with Crippen LogP contribution in [0.2, 0.25) is 0 Å². The van der Waals surface area contributed by atoms with Crippen molar-refractivity contribution in [2.24, 2.45) is 0 Å². The molecule has 22 heavy (non-hydrogen) atoms. The van der Waals surface area contributed by atoms with Crippen molar-refractivity contribution >= 4 is 23.6 Å². The quantitative estimate of drug-likeness (QED) is 0.347. The first kappa shape index (κ1) is 17.4. The number of non-ortho nitro benzene ring substituents is 1. The number of nitro benzene ring substituents is 1. The zero-order valence-electron chi connectivity index (χ0n) is 12.7. The van der Waals surface area contributed by atoms with Crippen molar-refractivity contribution in [3.05, 3.63) is 46.0 Å². The first-order chi connectivity index (χ1) is 10.3. The Kier molecular flexibility index (Phi) is 6.25. The van der Waals surface area contributed by atoms with Gasteiger partial charge in [0, 0.05) is 24.3 Å². The van der Waals surface area contributed by atoms with Crippen molar-refractivity contribution in [1.29, 1.82) is 0 Å². The van der Waals surface area contributed by atoms with Crippen LogP contribution in [0.3, 0.4) is 0 Å². The molecule has 0 unspecified atom stereocenters. The van der Waals surface area contributed by atoms with Gasteiger partial charge >= 0.3 is 5.97 Å². The van der Waals surface area contributed by atoms with Gasteiger partial charge < -0.3 is 9.64 Å². The molecule has 0 spiro atoms. The first-order valence-electron chi connectivity index (χ1n) is 6.65. The standard InChI is InChI=1S/C15H18N2O5/c1-11(2)16(10-15(19)22-3)14(18)8-7-12-5-4-6-13(9-12)17(20)21/h4-9,11H,10H2,1-3H3/b8-7+. The van der Waals surface area contributed by atoms with Crippen LogP contribution in [-0.4, -0.2) is 41.4 Å². The molecular formula is C15H18N2O5. The van der Waals surface area contributed by atoms with Crippen molar-refractivity contribution in [3.63, 3.8) is 0 Å². The van der Waals surface area contributed by atoms with Crippen LogP contribution in [-0.2, 0) is 14.3 Å². The van der Waals surface area contributed by atoms with Gasteiger partial charge in [0.1, 0.15) is 6.54 Å². The Labute approximate surface area is 128 Å². The molecule has 0 aliphatic carbocycles. The summed E-state index contributed by atoms with van der Waals surface area (Å²) in [7, 11) is 1.25. The summed E-state index contributed by atoms with van der Waals surface area (Å²) in [5, 5.41) is 10.7. The SMILES string of the molecule is COC(=O)CN(C(=O)/C=C/c1cccc([N+](=O)[O-])c1)C(C)C. The molecule has 1 aromatic carbocycles. The Morgan fingerprint density at radius 1 is 1.41 bits per heavy atom. The number of hydrogen-bond donors (Lipinski definition) is 0. The van der Waals surface area contributed by atoms with Crippen molar-refractivity contribution in [2.45, 2.75) is 19.9 Å². The van der Waals surface area contributed by atoms with Crippen LogP contribution in [0, 0.1) is 10.1 Å². The second-order valence-corrected chi connectivity index (χ2v) is 4.82. The largest absolute Gasteiger partial charge is 0.468 e. The number of carbonyl (C=O) groups excluding carboxylic acids is 2. The van der Waals surface area contributed by atoms with E-state index in [1.54, 1.807) is 19.9 Å². The van der Waals surface area contributed by atoms with E-state index in [9.17, 15) is 19.7 Å². The minimum Gasteiger partial charge on any atom is -0.468 e. The fourth-order valence-electron chi connectivity index (χ4n) is 1.72. The highest BCUT2D eigenvalue weighted by atomic mass is 16.6. The maximum Gasteiger partial charge on any atom is 0.325 e. The molecule has 1 amide bonds. The summed E-state index contributed by atoms with van der Waals surface area (Å²) in [6.45, 7) is 3.41. The van der Waals surface area contributed by atoms with E-state index < -0.39 is 10.9 Å². The Morgan fingerprint density at radius 2 is 2.09 bits per heavy atom. The molecular weight excluding hydrogens is 288 g/mol. The molecule has 118 valence electrons. The number of methoxy groups -OCH3 is 1. The molecule has 0 saturated heterocycles. The summed E-state index contributed by atoms with van der Waals surface area (Å²) in [4.78, 5) is 35.0. The average Bonchev–Trinajstić information content (AvgIpc) is 2.49. The molecule has 0 aliphatic rings. The molecule has 0 fully saturated rings. The predicted molar refractivity (Wildman–Crippen MR) is 81.0 cm³/mol. The monoisotopic (exact) mass is 306 g/mol. The lowest BCUT2D eigenvalue weighted by Gasteiger charge is -2.23. The van der Waals surface area contributed by atoms with Gasteiger partial charge in [-0.3, -0.25) is 19.7 Å².